The monoisotopic (exact) mass is 228 g/mol. The molecule has 17 heavy (non-hydrogen) atoms. The minimum Gasteiger partial charge on any atom is -0.311 e. The van der Waals surface area contributed by atoms with E-state index in [-0.39, 0.29) is 0 Å². The molecule has 0 aliphatic rings. The molecule has 0 amide bonds. The van der Waals surface area contributed by atoms with Crippen molar-refractivity contribution >= 4 is 10.8 Å². The van der Waals surface area contributed by atoms with Crippen molar-refractivity contribution in [2.24, 2.45) is 5.92 Å². The van der Waals surface area contributed by atoms with Crippen LogP contribution in [0.2, 0.25) is 0 Å². The van der Waals surface area contributed by atoms with Crippen molar-refractivity contribution in [1.29, 1.82) is 0 Å². The number of fused-ring (bicyclic) bond motifs is 1. The molecule has 0 radical (unpaired) electrons. The molecule has 1 heterocycles. The Morgan fingerprint density at radius 3 is 2.71 bits per heavy atom. The zero-order valence-corrected chi connectivity index (χ0v) is 10.8. The maximum absolute atomic E-state index is 4.58. The molecule has 0 aliphatic heterocycles. The van der Waals surface area contributed by atoms with Crippen molar-refractivity contribution < 1.29 is 0 Å². The lowest BCUT2D eigenvalue weighted by Gasteiger charge is -2.23. The van der Waals surface area contributed by atoms with Crippen molar-refractivity contribution in [2.45, 2.75) is 26.3 Å². The van der Waals surface area contributed by atoms with Gasteiger partial charge in [0, 0.05) is 11.6 Å². The number of benzene rings is 1. The zero-order chi connectivity index (χ0) is 12.3. The van der Waals surface area contributed by atoms with Gasteiger partial charge in [-0.25, -0.2) is 0 Å². The molecule has 0 saturated carbocycles. The molecule has 1 aromatic heterocycles. The van der Waals surface area contributed by atoms with Crippen LogP contribution in [0, 0.1) is 5.92 Å². The first-order valence-corrected chi connectivity index (χ1v) is 6.28. The van der Waals surface area contributed by atoms with Gasteiger partial charge < -0.3 is 5.32 Å². The first-order valence-electron chi connectivity index (χ1n) is 6.28. The van der Waals surface area contributed by atoms with Gasteiger partial charge in [0.1, 0.15) is 0 Å². The van der Waals surface area contributed by atoms with E-state index in [9.17, 15) is 0 Å². The smallest absolute Gasteiger partial charge is 0.0653 e. The highest BCUT2D eigenvalue weighted by Gasteiger charge is 2.19. The minimum absolute atomic E-state index is 0.325. The average molecular weight is 228 g/mol. The topological polar surface area (TPSA) is 24.9 Å². The molecule has 0 spiro atoms. The maximum atomic E-state index is 4.58. The number of nitrogens with one attached hydrogen (secondary N) is 1. The van der Waals surface area contributed by atoms with Crippen LogP contribution in [0.3, 0.4) is 0 Å². The summed E-state index contributed by atoms with van der Waals surface area (Å²) in [5.41, 5.74) is 1.17. The molecule has 2 nitrogen and oxygen atoms in total. The average Bonchev–Trinajstić information content (AvgIpc) is 2.39. The molecule has 0 saturated heterocycles. The van der Waals surface area contributed by atoms with E-state index in [1.54, 1.807) is 0 Å². The van der Waals surface area contributed by atoms with Crippen molar-refractivity contribution in [2.75, 3.05) is 7.05 Å². The molecule has 0 aliphatic carbocycles. The first kappa shape index (κ1) is 12.1. The summed E-state index contributed by atoms with van der Waals surface area (Å²) < 4.78 is 0. The molecule has 0 bridgehead atoms. The van der Waals surface area contributed by atoms with E-state index in [1.807, 2.05) is 13.2 Å². The maximum Gasteiger partial charge on any atom is 0.0653 e. The van der Waals surface area contributed by atoms with Crippen LogP contribution in [-0.2, 0) is 0 Å². The van der Waals surface area contributed by atoms with Crippen LogP contribution >= 0.6 is 0 Å². The van der Waals surface area contributed by atoms with E-state index in [1.165, 1.54) is 16.5 Å². The second kappa shape index (κ2) is 5.28. The van der Waals surface area contributed by atoms with E-state index in [4.69, 9.17) is 0 Å². The second-order valence-electron chi connectivity index (χ2n) is 4.57. The van der Waals surface area contributed by atoms with E-state index >= 15 is 0 Å². The van der Waals surface area contributed by atoms with Gasteiger partial charge in [-0.15, -0.1) is 0 Å². The van der Waals surface area contributed by atoms with Crippen LogP contribution < -0.4 is 5.32 Å². The third-order valence-corrected chi connectivity index (χ3v) is 3.52. The molecular weight excluding hydrogens is 208 g/mol. The Morgan fingerprint density at radius 1 is 1.24 bits per heavy atom. The molecular formula is C15H20N2. The third kappa shape index (κ3) is 2.32. The lowest BCUT2D eigenvalue weighted by atomic mass is 9.93. The summed E-state index contributed by atoms with van der Waals surface area (Å²) in [6.45, 7) is 4.49. The highest BCUT2D eigenvalue weighted by atomic mass is 14.9. The number of nitrogens with zero attached hydrogens (tertiary/aromatic N) is 1. The van der Waals surface area contributed by atoms with Gasteiger partial charge in [-0.2, -0.15) is 0 Å². The van der Waals surface area contributed by atoms with Crippen LogP contribution in [0.25, 0.3) is 10.8 Å². The highest BCUT2D eigenvalue weighted by Crippen LogP contribution is 2.28. The Balaban J connectivity index is 2.53. The van der Waals surface area contributed by atoms with Crippen molar-refractivity contribution in [3.63, 3.8) is 0 Å². The fraction of sp³-hybridized carbons (Fsp3) is 0.400. The van der Waals surface area contributed by atoms with E-state index < -0.39 is 0 Å². The molecule has 2 unspecified atom stereocenters. The molecule has 0 fully saturated rings. The number of hydrogen-bond acceptors (Lipinski definition) is 2. The summed E-state index contributed by atoms with van der Waals surface area (Å²) in [5.74, 6) is 0.582. The summed E-state index contributed by atoms with van der Waals surface area (Å²) in [5, 5.41) is 5.92. The van der Waals surface area contributed by atoms with Gasteiger partial charge in [0.05, 0.1) is 11.7 Å². The van der Waals surface area contributed by atoms with E-state index in [0.29, 0.717) is 12.0 Å². The number of aromatic nitrogens is 1. The summed E-state index contributed by atoms with van der Waals surface area (Å²) in [6, 6.07) is 10.8. The van der Waals surface area contributed by atoms with Crippen LogP contribution in [0.5, 0.6) is 0 Å². The summed E-state index contributed by atoms with van der Waals surface area (Å²) in [6.07, 6.45) is 3.06. The number of rotatable bonds is 4. The molecule has 90 valence electrons. The Labute approximate surface area is 103 Å². The number of pyridine rings is 1. The third-order valence-electron chi connectivity index (χ3n) is 3.52. The molecule has 2 atom stereocenters. The molecule has 2 rings (SSSR count). The van der Waals surface area contributed by atoms with Gasteiger partial charge in [0.15, 0.2) is 0 Å². The van der Waals surface area contributed by atoms with Gasteiger partial charge in [-0.3, -0.25) is 4.98 Å². The Morgan fingerprint density at radius 2 is 2.00 bits per heavy atom. The van der Waals surface area contributed by atoms with Crippen LogP contribution in [0.15, 0.2) is 36.5 Å². The molecule has 2 heteroatoms. The normalized spacial score (nSPS) is 14.8. The van der Waals surface area contributed by atoms with E-state index in [2.05, 4.69) is 54.5 Å². The summed E-state index contributed by atoms with van der Waals surface area (Å²) in [4.78, 5) is 4.58. The SMILES string of the molecule is CCC(C)C(NC)c1nccc2ccccc12. The highest BCUT2D eigenvalue weighted by molar-refractivity contribution is 5.84. The fourth-order valence-electron chi connectivity index (χ4n) is 2.32. The van der Waals surface area contributed by atoms with Crippen LogP contribution in [0.1, 0.15) is 32.0 Å². The Kier molecular flexibility index (Phi) is 3.75. The van der Waals surface area contributed by atoms with Crippen LogP contribution in [-0.4, -0.2) is 12.0 Å². The molecule has 2 aromatic rings. The van der Waals surface area contributed by atoms with Gasteiger partial charge in [-0.1, -0.05) is 44.5 Å². The van der Waals surface area contributed by atoms with Gasteiger partial charge >= 0.3 is 0 Å². The predicted molar refractivity (Wildman–Crippen MR) is 73.0 cm³/mol. The Bertz CT molecular complexity index is 488. The first-order chi connectivity index (χ1) is 8.27. The summed E-state index contributed by atoms with van der Waals surface area (Å²) >= 11 is 0. The zero-order valence-electron chi connectivity index (χ0n) is 10.8. The Hall–Kier alpha value is -1.41. The molecule has 1 aromatic carbocycles. The summed E-state index contributed by atoms with van der Waals surface area (Å²) in [7, 11) is 2.01. The minimum atomic E-state index is 0.325. The quantitative estimate of drug-likeness (QED) is 0.865. The standard InChI is InChI=1S/C15H20N2/c1-4-11(2)14(16-3)15-13-8-6-5-7-12(13)9-10-17-15/h5-11,14,16H,4H2,1-3H3. The van der Waals surface area contributed by atoms with Crippen molar-refractivity contribution in [3.8, 4) is 0 Å². The lowest BCUT2D eigenvalue weighted by molar-refractivity contribution is 0.395. The van der Waals surface area contributed by atoms with Gasteiger partial charge in [0.25, 0.3) is 0 Å². The van der Waals surface area contributed by atoms with Crippen molar-refractivity contribution in [1.82, 2.24) is 10.3 Å². The van der Waals surface area contributed by atoms with Gasteiger partial charge in [-0.05, 0) is 24.4 Å². The second-order valence-corrected chi connectivity index (χ2v) is 4.57. The van der Waals surface area contributed by atoms with Crippen LogP contribution in [0.4, 0.5) is 0 Å². The van der Waals surface area contributed by atoms with E-state index in [0.717, 1.165) is 6.42 Å². The fourth-order valence-corrected chi connectivity index (χ4v) is 2.32. The van der Waals surface area contributed by atoms with Crippen molar-refractivity contribution in [3.05, 3.63) is 42.2 Å². The number of hydrogen-bond donors (Lipinski definition) is 1. The molecule has 1 N–H and O–H groups in total. The lowest BCUT2D eigenvalue weighted by Crippen LogP contribution is -2.24. The largest absolute Gasteiger partial charge is 0.311 e. The van der Waals surface area contributed by atoms with Gasteiger partial charge in [0.2, 0.25) is 0 Å². The predicted octanol–water partition coefficient (Wildman–Crippen LogP) is 3.54.